The molecular formula is C23H22F4N2O3. The number of hydrogen-bond acceptors (Lipinski definition) is 4. The van der Waals surface area contributed by atoms with E-state index >= 15 is 0 Å². The van der Waals surface area contributed by atoms with Crippen molar-refractivity contribution in [3.63, 3.8) is 0 Å². The fourth-order valence-electron chi connectivity index (χ4n) is 3.86. The van der Waals surface area contributed by atoms with Crippen molar-refractivity contribution in [2.75, 3.05) is 20.3 Å². The lowest BCUT2D eigenvalue weighted by atomic mass is 9.81. The Morgan fingerprint density at radius 1 is 1.16 bits per heavy atom. The van der Waals surface area contributed by atoms with Crippen molar-refractivity contribution in [2.45, 2.75) is 37.3 Å². The van der Waals surface area contributed by atoms with Gasteiger partial charge >= 0.3 is 6.61 Å². The molecule has 9 heteroatoms. The second-order valence-electron chi connectivity index (χ2n) is 7.81. The Bertz CT molecular complexity index is 1040. The third kappa shape index (κ3) is 4.03. The highest BCUT2D eigenvalue weighted by molar-refractivity contribution is 6.03. The summed E-state index contributed by atoms with van der Waals surface area (Å²) in [6.45, 7) is -3.59. The third-order valence-electron chi connectivity index (χ3n) is 5.60. The van der Waals surface area contributed by atoms with Crippen LogP contribution in [-0.2, 0) is 10.3 Å². The highest BCUT2D eigenvalue weighted by Crippen LogP contribution is 2.48. The molecule has 1 saturated carbocycles. The summed E-state index contributed by atoms with van der Waals surface area (Å²) in [6.07, 6.45) is 3.13. The van der Waals surface area contributed by atoms with Crippen LogP contribution in [0, 0.1) is 5.82 Å². The minimum Gasteiger partial charge on any atom is -0.490 e. The third-order valence-corrected chi connectivity index (χ3v) is 5.60. The van der Waals surface area contributed by atoms with E-state index in [1.807, 2.05) is 0 Å². The van der Waals surface area contributed by atoms with E-state index in [-0.39, 0.29) is 36.4 Å². The highest BCUT2D eigenvalue weighted by Gasteiger charge is 2.48. The Morgan fingerprint density at radius 3 is 2.50 bits per heavy atom. The van der Waals surface area contributed by atoms with Gasteiger partial charge in [0.1, 0.15) is 5.75 Å². The van der Waals surface area contributed by atoms with Gasteiger partial charge in [0.25, 0.3) is 5.91 Å². The second-order valence-corrected chi connectivity index (χ2v) is 7.81. The summed E-state index contributed by atoms with van der Waals surface area (Å²) in [7, 11) is 1.55. The van der Waals surface area contributed by atoms with E-state index in [0.29, 0.717) is 16.7 Å². The number of hydrogen-bond donors (Lipinski definition) is 0. The van der Waals surface area contributed by atoms with Crippen LogP contribution in [0.1, 0.15) is 41.9 Å². The number of alkyl halides is 3. The molecule has 0 N–H and O–H groups in total. The van der Waals surface area contributed by atoms with E-state index < -0.39 is 24.6 Å². The summed E-state index contributed by atoms with van der Waals surface area (Å²) >= 11 is 0. The molecule has 0 radical (unpaired) electrons. The zero-order valence-electron chi connectivity index (χ0n) is 17.4. The number of halogens is 4. The molecule has 5 nitrogen and oxygen atoms in total. The van der Waals surface area contributed by atoms with E-state index in [2.05, 4.69) is 9.73 Å². The number of aliphatic imine (C=N–C) groups is 1. The number of benzene rings is 2. The topological polar surface area (TPSA) is 51.1 Å². The molecule has 2 aromatic carbocycles. The highest BCUT2D eigenvalue weighted by atomic mass is 19.3. The number of likely N-dealkylation sites (N-methyl/N-ethyl adjacent to an activating group) is 1. The van der Waals surface area contributed by atoms with Gasteiger partial charge in [-0.3, -0.25) is 9.18 Å². The molecule has 1 amide bonds. The smallest absolute Gasteiger partial charge is 0.387 e. The summed E-state index contributed by atoms with van der Waals surface area (Å²) in [5, 5.41) is 0. The van der Waals surface area contributed by atoms with Gasteiger partial charge < -0.3 is 14.4 Å². The van der Waals surface area contributed by atoms with Crippen LogP contribution in [0.25, 0.3) is 0 Å². The lowest BCUT2D eigenvalue weighted by Crippen LogP contribution is -2.38. The van der Waals surface area contributed by atoms with Crippen molar-refractivity contribution in [3.05, 3.63) is 58.9 Å². The van der Waals surface area contributed by atoms with Crippen LogP contribution >= 0.6 is 0 Å². The number of ether oxygens (including phenoxy) is 2. The van der Waals surface area contributed by atoms with Gasteiger partial charge in [0.05, 0.1) is 19.6 Å². The lowest BCUT2D eigenvalue weighted by Gasteiger charge is -2.28. The van der Waals surface area contributed by atoms with Crippen LogP contribution in [0.15, 0.2) is 41.4 Å². The van der Waals surface area contributed by atoms with Gasteiger partial charge in [-0.25, -0.2) is 9.38 Å². The van der Waals surface area contributed by atoms with E-state index in [4.69, 9.17) is 4.74 Å². The standard InChI is InChI=1S/C23H22F4N2O3/c1-29-13-28-23(21(29)30,16-5-7-18(25)20(12-16)31-10-2-9-24)15-6-8-19(32-22(26)27)17(11-15)14-3-4-14/h5-8,11-14,22H,2-4,9-10H2,1H3. The van der Waals surface area contributed by atoms with Crippen LogP contribution < -0.4 is 9.47 Å². The summed E-state index contributed by atoms with van der Waals surface area (Å²) in [4.78, 5) is 19.1. The molecule has 4 rings (SSSR count). The van der Waals surface area contributed by atoms with Crippen LogP contribution in [0.4, 0.5) is 17.6 Å². The maximum Gasteiger partial charge on any atom is 0.387 e. The predicted octanol–water partition coefficient (Wildman–Crippen LogP) is 4.79. The van der Waals surface area contributed by atoms with Crippen LogP contribution in [0.3, 0.4) is 0 Å². The zero-order valence-corrected chi connectivity index (χ0v) is 17.4. The fourth-order valence-corrected chi connectivity index (χ4v) is 3.86. The molecule has 0 saturated heterocycles. The molecule has 32 heavy (non-hydrogen) atoms. The number of carbonyl (C=O) groups is 1. The maximum atomic E-state index is 14.3. The van der Waals surface area contributed by atoms with E-state index in [1.54, 1.807) is 13.1 Å². The number of rotatable bonds is 9. The van der Waals surface area contributed by atoms with Crippen molar-refractivity contribution in [3.8, 4) is 11.5 Å². The molecule has 1 aliphatic carbocycles. The molecule has 1 heterocycles. The first-order valence-corrected chi connectivity index (χ1v) is 10.3. The van der Waals surface area contributed by atoms with Crippen LogP contribution in [-0.4, -0.2) is 44.1 Å². The van der Waals surface area contributed by atoms with Crippen molar-refractivity contribution in [2.24, 2.45) is 4.99 Å². The molecule has 0 aromatic heterocycles. The molecule has 1 atom stereocenters. The molecule has 2 aliphatic rings. The Balaban J connectivity index is 1.81. The first kappa shape index (κ1) is 22.1. The van der Waals surface area contributed by atoms with Crippen molar-refractivity contribution in [1.82, 2.24) is 4.90 Å². The molecule has 1 fully saturated rings. The fraction of sp³-hybridized carbons (Fsp3) is 0.391. The van der Waals surface area contributed by atoms with Crippen LogP contribution in [0.2, 0.25) is 0 Å². The quantitative estimate of drug-likeness (QED) is 0.408. The van der Waals surface area contributed by atoms with Gasteiger partial charge in [0.2, 0.25) is 0 Å². The molecule has 0 spiro atoms. The molecule has 2 aromatic rings. The monoisotopic (exact) mass is 450 g/mol. The zero-order chi connectivity index (χ0) is 22.9. The Hall–Kier alpha value is -3.10. The largest absolute Gasteiger partial charge is 0.490 e. The molecular weight excluding hydrogens is 428 g/mol. The van der Waals surface area contributed by atoms with E-state index in [9.17, 15) is 22.4 Å². The normalized spacial score (nSPS) is 20.3. The molecule has 0 bridgehead atoms. The summed E-state index contributed by atoms with van der Waals surface area (Å²) in [5.41, 5.74) is -0.147. The summed E-state index contributed by atoms with van der Waals surface area (Å²) in [6, 6.07) is 8.58. The average Bonchev–Trinajstić information content (AvgIpc) is 3.56. The molecule has 1 aliphatic heterocycles. The second kappa shape index (κ2) is 8.80. The summed E-state index contributed by atoms with van der Waals surface area (Å²) in [5.74, 6) is -1.02. The maximum absolute atomic E-state index is 14.3. The van der Waals surface area contributed by atoms with Crippen LogP contribution in [0.5, 0.6) is 11.5 Å². The van der Waals surface area contributed by atoms with Crippen molar-refractivity contribution in [1.29, 1.82) is 0 Å². The average molecular weight is 450 g/mol. The lowest BCUT2D eigenvalue weighted by molar-refractivity contribution is -0.129. The van der Waals surface area contributed by atoms with Gasteiger partial charge in [0, 0.05) is 13.5 Å². The first-order valence-electron chi connectivity index (χ1n) is 10.3. The van der Waals surface area contributed by atoms with E-state index in [0.717, 1.165) is 12.8 Å². The van der Waals surface area contributed by atoms with Crippen molar-refractivity contribution >= 4 is 12.2 Å². The predicted molar refractivity (Wildman–Crippen MR) is 110 cm³/mol. The first-order chi connectivity index (χ1) is 15.4. The van der Waals surface area contributed by atoms with Crippen molar-refractivity contribution < 1.29 is 31.8 Å². The minimum absolute atomic E-state index is 0.0213. The number of carbonyl (C=O) groups excluding carboxylic acids is 1. The number of nitrogens with zero attached hydrogens (tertiary/aromatic N) is 2. The van der Waals surface area contributed by atoms with Gasteiger partial charge in [-0.2, -0.15) is 8.78 Å². The van der Waals surface area contributed by atoms with Gasteiger partial charge in [-0.15, -0.1) is 0 Å². The summed E-state index contributed by atoms with van der Waals surface area (Å²) < 4.78 is 62.5. The minimum atomic E-state index is -2.97. The Morgan fingerprint density at radius 2 is 1.88 bits per heavy atom. The van der Waals surface area contributed by atoms with Gasteiger partial charge in [0.15, 0.2) is 17.1 Å². The van der Waals surface area contributed by atoms with Gasteiger partial charge in [-0.05, 0) is 59.7 Å². The molecule has 1 unspecified atom stereocenters. The Kier molecular flexibility index (Phi) is 6.08. The molecule has 170 valence electrons. The number of amides is 1. The Labute approximate surface area is 182 Å². The van der Waals surface area contributed by atoms with Gasteiger partial charge in [-0.1, -0.05) is 12.1 Å². The SMILES string of the molecule is CN1C=NC(c2ccc(F)c(OCCCF)c2)(c2ccc(OC(F)F)c(C3CC3)c2)C1=O. The van der Waals surface area contributed by atoms with E-state index in [1.165, 1.54) is 41.6 Å².